The summed E-state index contributed by atoms with van der Waals surface area (Å²) in [6.45, 7) is 0. The zero-order chi connectivity index (χ0) is 14.4. The number of nitrogens with zero attached hydrogens (tertiary/aromatic N) is 1. The maximum Gasteiger partial charge on any atom is 0.197 e. The van der Waals surface area contributed by atoms with E-state index >= 15 is 0 Å². The monoisotopic (exact) mass is 279 g/mol. The van der Waals surface area contributed by atoms with Crippen molar-refractivity contribution in [3.8, 4) is 5.75 Å². The molecule has 4 heteroatoms. The molecule has 4 nitrogen and oxygen atoms in total. The Morgan fingerprint density at radius 1 is 1.19 bits per heavy atom. The van der Waals surface area contributed by atoms with Gasteiger partial charge in [0, 0.05) is 23.9 Å². The number of carbonyl (C=O) groups is 1. The van der Waals surface area contributed by atoms with Crippen molar-refractivity contribution in [3.63, 3.8) is 0 Å². The summed E-state index contributed by atoms with van der Waals surface area (Å²) >= 11 is 0. The van der Waals surface area contributed by atoms with Gasteiger partial charge in [-0.15, -0.1) is 0 Å². The van der Waals surface area contributed by atoms with Crippen LogP contribution in [0, 0.1) is 0 Å². The third-order valence-corrected chi connectivity index (χ3v) is 3.82. The normalized spacial score (nSPS) is 14.5. The molecule has 1 N–H and O–H groups in total. The van der Waals surface area contributed by atoms with Crippen molar-refractivity contribution in [1.82, 2.24) is 4.98 Å². The Balaban J connectivity index is 1.90. The second-order valence-electron chi connectivity index (χ2n) is 5.36. The van der Waals surface area contributed by atoms with Crippen LogP contribution in [0.25, 0.3) is 11.0 Å². The lowest BCUT2D eigenvalue weighted by Gasteiger charge is -2.02. The zero-order valence-electron chi connectivity index (χ0n) is 11.2. The minimum Gasteiger partial charge on any atom is -0.508 e. The molecule has 1 aliphatic carbocycles. The average Bonchev–Trinajstić information content (AvgIpc) is 3.28. The van der Waals surface area contributed by atoms with Crippen molar-refractivity contribution in [1.29, 1.82) is 0 Å². The number of carbonyl (C=O) groups excluding carboxylic acids is 1. The second kappa shape index (κ2) is 4.45. The van der Waals surface area contributed by atoms with Crippen molar-refractivity contribution in [2.75, 3.05) is 0 Å². The number of rotatable bonds is 3. The third kappa shape index (κ3) is 2.00. The Morgan fingerprint density at radius 3 is 2.67 bits per heavy atom. The third-order valence-electron chi connectivity index (χ3n) is 3.82. The van der Waals surface area contributed by atoms with Crippen molar-refractivity contribution < 1.29 is 14.3 Å². The van der Waals surface area contributed by atoms with Gasteiger partial charge in [-0.3, -0.25) is 9.78 Å². The van der Waals surface area contributed by atoms with Crippen LogP contribution < -0.4 is 0 Å². The highest BCUT2D eigenvalue weighted by molar-refractivity contribution is 6.16. The first-order chi connectivity index (χ1) is 10.2. The first-order valence-electron chi connectivity index (χ1n) is 6.94. The Hall–Kier alpha value is -2.62. The van der Waals surface area contributed by atoms with Crippen LogP contribution in [0.15, 0.2) is 47.1 Å². The van der Waals surface area contributed by atoms with E-state index in [0.29, 0.717) is 22.6 Å². The number of hydrogen-bond donors (Lipinski definition) is 1. The smallest absolute Gasteiger partial charge is 0.197 e. The van der Waals surface area contributed by atoms with E-state index in [1.807, 2.05) is 0 Å². The van der Waals surface area contributed by atoms with E-state index in [2.05, 4.69) is 4.98 Å². The Morgan fingerprint density at radius 2 is 1.95 bits per heavy atom. The van der Waals surface area contributed by atoms with Gasteiger partial charge in [0.1, 0.15) is 17.1 Å². The van der Waals surface area contributed by atoms with Crippen LogP contribution in [0.1, 0.15) is 40.4 Å². The summed E-state index contributed by atoms with van der Waals surface area (Å²) in [5.74, 6) is 1.18. The zero-order valence-corrected chi connectivity index (χ0v) is 11.2. The molecule has 0 atom stereocenters. The molecule has 4 rings (SSSR count). The number of hydrogen-bond acceptors (Lipinski definition) is 4. The fourth-order valence-corrected chi connectivity index (χ4v) is 2.58. The van der Waals surface area contributed by atoms with Gasteiger partial charge in [-0.2, -0.15) is 0 Å². The maximum absolute atomic E-state index is 12.8. The highest BCUT2D eigenvalue weighted by Crippen LogP contribution is 2.45. The van der Waals surface area contributed by atoms with Gasteiger partial charge >= 0.3 is 0 Å². The summed E-state index contributed by atoms with van der Waals surface area (Å²) < 4.78 is 5.88. The lowest BCUT2D eigenvalue weighted by atomic mass is 9.99. The largest absolute Gasteiger partial charge is 0.508 e. The minimum absolute atomic E-state index is 0.0800. The summed E-state index contributed by atoms with van der Waals surface area (Å²) in [7, 11) is 0. The highest BCUT2D eigenvalue weighted by Gasteiger charge is 2.33. The van der Waals surface area contributed by atoms with Crippen LogP contribution in [0.3, 0.4) is 0 Å². The minimum atomic E-state index is -0.0800. The standard InChI is InChI=1S/C17H13NO3/c19-12-5-3-10(4-6-12)16(20)15-13-9-18-8-7-14(13)21-17(15)11-1-2-11/h3-9,11,19H,1-2H2. The Labute approximate surface area is 121 Å². The molecular weight excluding hydrogens is 266 g/mol. The van der Waals surface area contributed by atoms with Gasteiger partial charge in [0.15, 0.2) is 5.78 Å². The molecule has 1 saturated carbocycles. The number of phenols is 1. The summed E-state index contributed by atoms with van der Waals surface area (Å²) in [5, 5.41) is 10.1. The molecule has 104 valence electrons. The number of furan rings is 1. The van der Waals surface area contributed by atoms with Crippen LogP contribution in [0.2, 0.25) is 0 Å². The van der Waals surface area contributed by atoms with Crippen LogP contribution in [0.4, 0.5) is 0 Å². The predicted molar refractivity (Wildman–Crippen MR) is 77.5 cm³/mol. The fraction of sp³-hybridized carbons (Fsp3) is 0.176. The first kappa shape index (κ1) is 12.1. The number of benzene rings is 1. The van der Waals surface area contributed by atoms with Crippen molar-refractivity contribution in [2.24, 2.45) is 0 Å². The predicted octanol–water partition coefficient (Wildman–Crippen LogP) is 3.64. The average molecular weight is 279 g/mol. The van der Waals surface area contributed by atoms with Gasteiger partial charge in [-0.05, 0) is 43.2 Å². The van der Waals surface area contributed by atoms with E-state index in [1.54, 1.807) is 30.6 Å². The van der Waals surface area contributed by atoms with Gasteiger partial charge in [0.25, 0.3) is 0 Å². The number of aromatic nitrogens is 1. The molecule has 1 aliphatic rings. The molecule has 21 heavy (non-hydrogen) atoms. The molecule has 0 bridgehead atoms. The van der Waals surface area contributed by atoms with Crippen molar-refractivity contribution >= 4 is 16.8 Å². The van der Waals surface area contributed by atoms with Crippen LogP contribution in [-0.4, -0.2) is 15.9 Å². The lowest BCUT2D eigenvalue weighted by molar-refractivity contribution is 0.103. The Bertz CT molecular complexity index is 829. The fourth-order valence-electron chi connectivity index (χ4n) is 2.58. The second-order valence-corrected chi connectivity index (χ2v) is 5.36. The van der Waals surface area contributed by atoms with E-state index in [1.165, 1.54) is 12.1 Å². The molecule has 0 spiro atoms. The molecule has 2 heterocycles. The molecule has 3 aromatic rings. The molecule has 2 aromatic heterocycles. The quantitative estimate of drug-likeness (QED) is 0.743. The van der Waals surface area contributed by atoms with Gasteiger partial charge in [-0.25, -0.2) is 0 Å². The van der Waals surface area contributed by atoms with E-state index in [4.69, 9.17) is 4.42 Å². The molecule has 0 radical (unpaired) electrons. The molecular formula is C17H13NO3. The molecule has 1 aromatic carbocycles. The van der Waals surface area contributed by atoms with E-state index < -0.39 is 0 Å². The number of ketones is 1. The summed E-state index contributed by atoms with van der Waals surface area (Å²) in [6.07, 6.45) is 5.46. The van der Waals surface area contributed by atoms with Crippen LogP contribution in [0.5, 0.6) is 5.75 Å². The first-order valence-corrected chi connectivity index (χ1v) is 6.94. The molecule has 0 aliphatic heterocycles. The van der Waals surface area contributed by atoms with Crippen LogP contribution >= 0.6 is 0 Å². The number of aromatic hydroxyl groups is 1. The molecule has 0 unspecified atom stereocenters. The topological polar surface area (TPSA) is 63.3 Å². The number of pyridine rings is 1. The number of fused-ring (bicyclic) bond motifs is 1. The molecule has 0 saturated heterocycles. The van der Waals surface area contributed by atoms with Crippen molar-refractivity contribution in [3.05, 3.63) is 59.6 Å². The summed E-state index contributed by atoms with van der Waals surface area (Å²) in [6, 6.07) is 8.08. The lowest BCUT2D eigenvalue weighted by Crippen LogP contribution is -2.03. The molecule has 1 fully saturated rings. The van der Waals surface area contributed by atoms with E-state index in [-0.39, 0.29) is 11.5 Å². The van der Waals surface area contributed by atoms with E-state index in [0.717, 1.165) is 24.0 Å². The maximum atomic E-state index is 12.8. The van der Waals surface area contributed by atoms with Crippen molar-refractivity contribution in [2.45, 2.75) is 18.8 Å². The SMILES string of the molecule is O=C(c1ccc(O)cc1)c1c(C2CC2)oc2ccncc12. The molecule has 0 amide bonds. The highest BCUT2D eigenvalue weighted by atomic mass is 16.3. The van der Waals surface area contributed by atoms with Gasteiger partial charge in [0.2, 0.25) is 0 Å². The van der Waals surface area contributed by atoms with Gasteiger partial charge < -0.3 is 9.52 Å². The summed E-state index contributed by atoms with van der Waals surface area (Å²) in [4.78, 5) is 16.9. The van der Waals surface area contributed by atoms with Gasteiger partial charge in [0.05, 0.1) is 10.9 Å². The van der Waals surface area contributed by atoms with E-state index in [9.17, 15) is 9.90 Å². The Kier molecular flexibility index (Phi) is 2.57. The van der Waals surface area contributed by atoms with Gasteiger partial charge in [-0.1, -0.05) is 0 Å². The number of phenolic OH excluding ortho intramolecular Hbond substituents is 1. The van der Waals surface area contributed by atoms with Crippen LogP contribution in [-0.2, 0) is 0 Å². The summed E-state index contributed by atoms with van der Waals surface area (Å²) in [5.41, 5.74) is 1.86.